The molecule has 2 saturated heterocycles. The van der Waals surface area contributed by atoms with Crippen LogP contribution in [0.3, 0.4) is 0 Å². The summed E-state index contributed by atoms with van der Waals surface area (Å²) in [6.07, 6.45) is 5.15. The number of allylic oxidation sites excluding steroid dienone is 2. The molecule has 5 heteroatoms. The summed E-state index contributed by atoms with van der Waals surface area (Å²) in [5, 5.41) is 32.4. The van der Waals surface area contributed by atoms with Crippen LogP contribution in [-0.4, -0.2) is 57.7 Å². The summed E-state index contributed by atoms with van der Waals surface area (Å²) in [5.74, 6) is 0.810. The van der Waals surface area contributed by atoms with Gasteiger partial charge < -0.3 is 20.1 Å². The Morgan fingerprint density at radius 3 is 3.00 bits per heavy atom. The van der Waals surface area contributed by atoms with Crippen LogP contribution < -0.4 is 0 Å². The molecule has 5 aliphatic rings. The highest BCUT2D eigenvalue weighted by atomic mass is 16.5. The van der Waals surface area contributed by atoms with Crippen molar-refractivity contribution in [2.45, 2.75) is 49.5 Å². The van der Waals surface area contributed by atoms with Gasteiger partial charge in [-0.15, -0.1) is 0 Å². The Balaban J connectivity index is 1.85. The average Bonchev–Trinajstić information content (AvgIpc) is 2.85. The van der Waals surface area contributed by atoms with E-state index in [-0.39, 0.29) is 11.8 Å². The highest BCUT2D eigenvalue weighted by Gasteiger charge is 2.72. The SMILES string of the molecule is CN1CC[C@@]23C4=C5CCC(O)=C4O[C@H]2[C@@H](O)C=C[C@@]3(O)[C@H]1C5. The van der Waals surface area contributed by atoms with Gasteiger partial charge in [-0.1, -0.05) is 17.7 Å². The fourth-order valence-electron chi connectivity index (χ4n) is 5.58. The second-order valence-corrected chi connectivity index (χ2v) is 7.39. The molecule has 3 N–H and O–H groups in total. The minimum Gasteiger partial charge on any atom is -0.508 e. The molecule has 1 spiro atoms. The predicted molar refractivity (Wildman–Crippen MR) is 79.0 cm³/mol. The minimum absolute atomic E-state index is 0.00874. The smallest absolute Gasteiger partial charge is 0.161 e. The minimum atomic E-state index is -1.04. The largest absolute Gasteiger partial charge is 0.508 e. The van der Waals surface area contributed by atoms with E-state index < -0.39 is 23.2 Å². The lowest BCUT2D eigenvalue weighted by Gasteiger charge is -2.61. The first kappa shape index (κ1) is 13.2. The van der Waals surface area contributed by atoms with Crippen LogP contribution in [0.2, 0.25) is 0 Å². The number of piperidine rings is 1. The number of nitrogens with zero attached hydrogens (tertiary/aromatic N) is 1. The van der Waals surface area contributed by atoms with Crippen LogP contribution in [0.5, 0.6) is 0 Å². The van der Waals surface area contributed by atoms with Gasteiger partial charge in [-0.3, -0.25) is 4.90 Å². The van der Waals surface area contributed by atoms with E-state index in [2.05, 4.69) is 11.9 Å². The van der Waals surface area contributed by atoms with Gasteiger partial charge in [0.25, 0.3) is 0 Å². The molecule has 2 fully saturated rings. The second-order valence-electron chi connectivity index (χ2n) is 7.39. The molecule has 0 saturated carbocycles. The lowest BCUT2D eigenvalue weighted by molar-refractivity contribution is -0.175. The summed E-state index contributed by atoms with van der Waals surface area (Å²) < 4.78 is 6.04. The molecule has 5 rings (SSSR count). The zero-order valence-electron chi connectivity index (χ0n) is 12.6. The topological polar surface area (TPSA) is 73.2 Å². The first-order valence-electron chi connectivity index (χ1n) is 8.11. The van der Waals surface area contributed by atoms with Gasteiger partial charge in [0.05, 0.1) is 5.41 Å². The fraction of sp³-hybridized carbons (Fsp3) is 0.647. The van der Waals surface area contributed by atoms with Crippen molar-refractivity contribution in [1.29, 1.82) is 0 Å². The molecule has 22 heavy (non-hydrogen) atoms. The van der Waals surface area contributed by atoms with Crippen LogP contribution in [0, 0.1) is 5.41 Å². The monoisotopic (exact) mass is 303 g/mol. The molecule has 0 aromatic heterocycles. The molecular formula is C17H21NO4. The molecule has 5 nitrogen and oxygen atoms in total. The quantitative estimate of drug-likeness (QED) is 0.582. The maximum absolute atomic E-state index is 11.6. The molecule has 0 unspecified atom stereocenters. The van der Waals surface area contributed by atoms with E-state index in [4.69, 9.17) is 4.74 Å². The maximum Gasteiger partial charge on any atom is 0.161 e. The number of aliphatic hydroxyl groups is 3. The third-order valence-corrected chi connectivity index (χ3v) is 6.59. The number of likely N-dealkylation sites (tertiary alicyclic amines) is 1. The highest BCUT2D eigenvalue weighted by Crippen LogP contribution is 2.66. The van der Waals surface area contributed by atoms with Crippen molar-refractivity contribution >= 4 is 0 Å². The summed E-state index contributed by atoms with van der Waals surface area (Å²) in [7, 11) is 2.06. The van der Waals surface area contributed by atoms with Crippen molar-refractivity contribution in [2.24, 2.45) is 5.41 Å². The third kappa shape index (κ3) is 1.17. The first-order chi connectivity index (χ1) is 10.5. The van der Waals surface area contributed by atoms with E-state index in [1.165, 1.54) is 5.57 Å². The predicted octanol–water partition coefficient (Wildman–Crippen LogP) is 1.00. The van der Waals surface area contributed by atoms with E-state index in [9.17, 15) is 15.3 Å². The van der Waals surface area contributed by atoms with Gasteiger partial charge in [-0.05, 0) is 32.9 Å². The second kappa shape index (κ2) is 3.78. The van der Waals surface area contributed by atoms with Gasteiger partial charge in [-0.25, -0.2) is 0 Å². The van der Waals surface area contributed by atoms with Crippen LogP contribution >= 0.6 is 0 Å². The number of likely N-dealkylation sites (N-methyl/N-ethyl adjacent to an activating group) is 1. The lowest BCUT2D eigenvalue weighted by atomic mass is 9.50. The van der Waals surface area contributed by atoms with E-state index in [0.717, 1.165) is 31.4 Å². The summed E-state index contributed by atoms with van der Waals surface area (Å²) in [6.45, 7) is 0.859. The van der Waals surface area contributed by atoms with E-state index in [0.29, 0.717) is 12.2 Å². The maximum atomic E-state index is 11.6. The lowest BCUT2D eigenvalue weighted by Crippen LogP contribution is -2.72. The highest BCUT2D eigenvalue weighted by molar-refractivity contribution is 5.55. The van der Waals surface area contributed by atoms with Gasteiger partial charge in [-0.2, -0.15) is 0 Å². The number of hydrogen-bond acceptors (Lipinski definition) is 5. The number of aliphatic hydroxyl groups excluding tert-OH is 2. The number of rotatable bonds is 0. The molecule has 3 aliphatic carbocycles. The summed E-state index contributed by atoms with van der Waals surface area (Å²) in [4.78, 5) is 2.23. The first-order valence-corrected chi connectivity index (χ1v) is 8.11. The average molecular weight is 303 g/mol. The molecule has 0 amide bonds. The van der Waals surface area contributed by atoms with Crippen LogP contribution in [0.25, 0.3) is 0 Å². The normalized spacial score (nSPS) is 49.3. The molecule has 0 aromatic carbocycles. The third-order valence-electron chi connectivity index (χ3n) is 6.59. The van der Waals surface area contributed by atoms with Gasteiger partial charge >= 0.3 is 0 Å². The molecule has 5 atom stereocenters. The van der Waals surface area contributed by atoms with E-state index in [1.807, 2.05) is 0 Å². The Morgan fingerprint density at radius 2 is 2.18 bits per heavy atom. The van der Waals surface area contributed by atoms with E-state index >= 15 is 0 Å². The summed E-state index contributed by atoms with van der Waals surface area (Å²) in [5.41, 5.74) is 0.633. The van der Waals surface area contributed by atoms with Crippen molar-refractivity contribution in [1.82, 2.24) is 4.90 Å². The Morgan fingerprint density at radius 1 is 1.36 bits per heavy atom. The Bertz CT molecular complexity index is 666. The Hall–Kier alpha value is -1.30. The van der Waals surface area contributed by atoms with Gasteiger partial charge in [0, 0.05) is 18.0 Å². The molecular weight excluding hydrogens is 282 g/mol. The zero-order chi connectivity index (χ0) is 15.3. The van der Waals surface area contributed by atoms with Gasteiger partial charge in [0.15, 0.2) is 5.76 Å². The van der Waals surface area contributed by atoms with Crippen LogP contribution in [0.15, 0.2) is 34.8 Å². The molecule has 118 valence electrons. The summed E-state index contributed by atoms with van der Waals surface area (Å²) in [6, 6.07) is 0.00874. The van der Waals surface area contributed by atoms with Crippen molar-refractivity contribution < 1.29 is 20.1 Å². The number of ether oxygens (including phenoxy) is 1. The fourth-order valence-corrected chi connectivity index (χ4v) is 5.58. The van der Waals surface area contributed by atoms with Crippen LogP contribution in [0.1, 0.15) is 25.7 Å². The molecule has 2 aliphatic heterocycles. The molecule has 2 heterocycles. The molecule has 2 bridgehead atoms. The summed E-state index contributed by atoms with van der Waals surface area (Å²) >= 11 is 0. The standard InChI is InChI=1S/C17H21NO4/c1-18-7-6-16-13-9-2-3-10(19)14(13)22-15(16)11(20)4-5-17(16,21)12(18)8-9/h4-5,11-12,15,19-21H,2-3,6-8H2,1H3/t11-,12+,15-,16+,17+/m0/s1. The van der Waals surface area contributed by atoms with Crippen molar-refractivity contribution in [3.8, 4) is 0 Å². The van der Waals surface area contributed by atoms with Crippen molar-refractivity contribution in [3.63, 3.8) is 0 Å². The Labute approximate surface area is 129 Å². The Kier molecular flexibility index (Phi) is 2.26. The van der Waals surface area contributed by atoms with Gasteiger partial charge in [0.1, 0.15) is 23.6 Å². The number of hydrogen-bond donors (Lipinski definition) is 3. The van der Waals surface area contributed by atoms with Gasteiger partial charge in [0.2, 0.25) is 0 Å². The van der Waals surface area contributed by atoms with Crippen LogP contribution in [-0.2, 0) is 4.74 Å². The zero-order valence-corrected chi connectivity index (χ0v) is 12.6. The van der Waals surface area contributed by atoms with Crippen molar-refractivity contribution in [2.75, 3.05) is 13.6 Å². The molecule has 0 radical (unpaired) electrons. The van der Waals surface area contributed by atoms with Crippen LogP contribution in [0.4, 0.5) is 0 Å². The van der Waals surface area contributed by atoms with E-state index in [1.54, 1.807) is 12.2 Å². The molecule has 0 aromatic rings. The van der Waals surface area contributed by atoms with Crippen molar-refractivity contribution in [3.05, 3.63) is 34.8 Å².